The number of hydrogen-bond donors (Lipinski definition) is 2. The van der Waals surface area contributed by atoms with Crippen molar-refractivity contribution >= 4 is 319 Å². The van der Waals surface area contributed by atoms with Crippen molar-refractivity contribution < 1.29 is 0 Å². The van der Waals surface area contributed by atoms with E-state index in [-0.39, 0.29) is 21.7 Å². The molecular formula is C110H92B20N6P4-4. The van der Waals surface area contributed by atoms with Crippen LogP contribution in [0.2, 0.25) is 0 Å². The summed E-state index contributed by atoms with van der Waals surface area (Å²) >= 11 is 0. The van der Waals surface area contributed by atoms with Crippen molar-refractivity contribution in [1.82, 2.24) is 28.0 Å². The Labute approximate surface area is 825 Å². The minimum absolute atomic E-state index is 0.00702. The van der Waals surface area contributed by atoms with E-state index in [1.165, 1.54) is 245 Å². The third kappa shape index (κ3) is 7.95. The van der Waals surface area contributed by atoms with E-state index in [2.05, 4.69) is 417 Å². The molecule has 0 unspecified atom stereocenters. The summed E-state index contributed by atoms with van der Waals surface area (Å²) in [6, 6.07) is 122. The molecule has 2 spiro atoms. The molecule has 0 saturated carbocycles. The van der Waals surface area contributed by atoms with Gasteiger partial charge < -0.3 is 9.13 Å². The molecule has 26 heterocycles. The Morgan fingerprint density at radius 1 is 0.279 bits per heavy atom. The smallest absolute Gasteiger partial charge is 0.247 e. The van der Waals surface area contributed by atoms with Gasteiger partial charge in [0.2, 0.25) is 13.4 Å². The summed E-state index contributed by atoms with van der Waals surface area (Å²) in [6.07, 6.45) is 5.56. The first kappa shape index (κ1) is 78.2. The number of aryl methyl sites for hydroxylation is 2. The molecule has 14 saturated heterocycles. The fourth-order valence-electron chi connectivity index (χ4n) is 39.0. The number of nitrogens with zero attached hydrogens (tertiary/aromatic N) is 4. The maximum Gasteiger partial charge on any atom is 0.247 e. The van der Waals surface area contributed by atoms with E-state index in [0.717, 1.165) is 37.3 Å². The van der Waals surface area contributed by atoms with Gasteiger partial charge in [0.05, 0.1) is 11.0 Å². The second-order valence-corrected chi connectivity index (χ2v) is 75.8. The average molecular weight is 1840 g/mol. The number of benzene rings is 16. The maximum atomic E-state index is 4.89. The van der Waals surface area contributed by atoms with Gasteiger partial charge >= 0.3 is 478 Å². The Morgan fingerprint density at radius 2 is 0.621 bits per heavy atom. The molecule has 140 heavy (non-hydrogen) atoms. The Kier molecular flexibility index (Phi) is 13.0. The van der Waals surface area contributed by atoms with Gasteiger partial charge in [-0.05, 0) is 87.3 Å². The van der Waals surface area contributed by atoms with Crippen LogP contribution in [0.15, 0.2) is 315 Å². The molecule has 4 aromatic heterocycles. The van der Waals surface area contributed by atoms with Crippen molar-refractivity contribution in [3.05, 3.63) is 371 Å². The third-order valence-electron chi connectivity index (χ3n) is 46.3. The Hall–Kier alpha value is -10.3. The van der Waals surface area contributed by atoms with E-state index in [9.17, 15) is 0 Å². The first-order valence-corrected chi connectivity index (χ1v) is 64.5. The van der Waals surface area contributed by atoms with Crippen LogP contribution in [0.4, 0.5) is 0 Å². The van der Waals surface area contributed by atoms with E-state index in [1.54, 1.807) is 10.8 Å². The number of aromatic nitrogens is 4. The zero-order valence-corrected chi connectivity index (χ0v) is 85.4. The third-order valence-corrected chi connectivity index (χ3v) is 82.1. The molecule has 2 radical (unpaired) electrons. The minimum Gasteiger partial charge on any atom is -0.310 e. The molecule has 16 aromatic carbocycles. The summed E-state index contributed by atoms with van der Waals surface area (Å²) in [7, 11) is 0.653. The predicted molar refractivity (Wildman–Crippen MR) is 642 cm³/mol. The van der Waals surface area contributed by atoms with Gasteiger partial charge in [0.15, 0.2) is 0 Å². The normalized spacial score (nSPS) is 22.5. The second-order valence-electron chi connectivity index (χ2n) is 51.6. The van der Waals surface area contributed by atoms with Crippen molar-refractivity contribution in [1.29, 1.82) is 0 Å². The molecule has 42 rings (SSSR count). The summed E-state index contributed by atoms with van der Waals surface area (Å²) in [5.74, 6) is 0. The molecule has 22 aliphatic rings. The average Bonchev–Trinajstić information content (AvgIpc) is 1.33. The monoisotopic (exact) mass is 1840 g/mol. The van der Waals surface area contributed by atoms with Gasteiger partial charge in [-0.25, -0.2) is 0 Å². The van der Waals surface area contributed by atoms with Crippen LogP contribution in [0.5, 0.6) is 0 Å². The van der Waals surface area contributed by atoms with Gasteiger partial charge in [0, 0.05) is 54.8 Å². The predicted octanol–water partition coefficient (Wildman–Crippen LogP) is 10.2. The fourth-order valence-corrected chi connectivity index (χ4v) is 89.3. The fraction of sp³-hybridized carbons (Fsp3) is 0.127. The molecule has 22 aliphatic heterocycles. The molecule has 2 N–H and O–H groups in total. The van der Waals surface area contributed by atoms with Crippen LogP contribution >= 0.6 is 25.3 Å². The number of rotatable bonds is 6. The topological polar surface area (TPSA) is 43.8 Å². The first-order chi connectivity index (χ1) is 68.1. The summed E-state index contributed by atoms with van der Waals surface area (Å²) in [6.45, 7) is 31.4. The molecule has 30 heteroatoms. The summed E-state index contributed by atoms with van der Waals surface area (Å²) in [4.78, 5) is 9.71. The maximum absolute atomic E-state index is 4.89. The van der Waals surface area contributed by atoms with E-state index < -0.39 is 25.3 Å². The van der Waals surface area contributed by atoms with Crippen LogP contribution in [-0.2, 0) is 21.7 Å². The Morgan fingerprint density at radius 3 is 1.04 bits per heavy atom. The van der Waals surface area contributed by atoms with E-state index in [0.29, 0.717) is 54.8 Å². The van der Waals surface area contributed by atoms with Crippen molar-refractivity contribution in [2.24, 2.45) is 0 Å². The van der Waals surface area contributed by atoms with E-state index in [1.807, 2.05) is 10.6 Å². The van der Waals surface area contributed by atoms with E-state index >= 15 is 0 Å². The molecule has 14 fully saturated rings. The standard InChI is InChI=1S/2C28H22BN.2C27H24B9N2P2/c1-17-9-6-10-18-19-11-7-15-23-27(19)30(26(17)18)24-16-8-13-21-25(24)29(23)22-14-5-4-12-20(22)28(21,2)3;1-17-14-15-18-19-8-6-12-23-27(19)30(25(18)16-17)24-13-7-10-21-26(24)29(23)22-11-5-4-9-20(22)28(21,2)3;1-27(2)17-9-3-4-11-19(17)31-20-12-5-8-16-24-21(38(26(16)20)22-14-6-10-18(27)25(22)31)13-7-15-23(24)39(32-28-33(39)36(32)39)37-40-29-34(40)35(40)30-40;1-27(2)19-8-3-4-10-21(19)31-22-11-5-7-17-18-15-16(13-14-23(18)38(26(17)22)24-12-6-9-20(27)25(24)31)39(32-28-33(39)36(32)39)37-40-29-34(40)35(40)30-40/h2*4-16H,1-3H3;2*3-15,37H,28-29H2,1-2H3/q;;2*-2. The van der Waals surface area contributed by atoms with Gasteiger partial charge in [-0.3, -0.25) is 0 Å². The quantitative estimate of drug-likeness (QED) is 0.129. The molecule has 4 bridgehead atoms. The summed E-state index contributed by atoms with van der Waals surface area (Å²) in [5.41, 5.74) is 49.1. The Balaban J connectivity index is 0.0000000785. The molecule has 0 atom stereocenters. The number of fused-ring (bicyclic) bond motifs is 30. The SMILES string of the molecule is CC1(C)c2ccccc2B2c3c(cccc31)-n1c3ccc(P45(NP678[B]B6B7[BH2-]8)B6[BH2-]B4B65)cc3c3cccc2c31.CC1(C)c2ccccc2B2c3c(cccc31)-n1c3cccc(P45(NP678[B]B6B7[BH2-]8)B6[BH2-]B4B65)c3c3cccc2c31.Cc1ccc2c3cccc4c3n(c2c1)-c1cccc2c1B4c1ccccc1C2(C)C.Cc1cccc2c3cccc4c3n(c12)-c1cccc2c1B4c1ccccc1C2(C)C. The van der Waals surface area contributed by atoms with Crippen LogP contribution in [0.1, 0.15) is 111 Å². The van der Waals surface area contributed by atoms with Crippen LogP contribution < -0.4 is 85.9 Å². The molecular weight excluding hydrogens is 1750 g/mol. The molecule has 646 valence electrons. The van der Waals surface area contributed by atoms with Crippen LogP contribution in [0, 0.1) is 13.8 Å². The summed E-state index contributed by atoms with van der Waals surface area (Å²) < 4.78 is 10.5. The van der Waals surface area contributed by atoms with Gasteiger partial charge in [0.1, 0.15) is 0 Å². The summed E-state index contributed by atoms with van der Waals surface area (Å²) in [5, 5.41) is 15.3. The van der Waals surface area contributed by atoms with Gasteiger partial charge in [0.25, 0.3) is 0 Å². The molecule has 6 nitrogen and oxygen atoms in total. The van der Waals surface area contributed by atoms with Gasteiger partial charge in [-0.2, -0.15) is 0 Å². The largest absolute Gasteiger partial charge is 0.310 e. The van der Waals surface area contributed by atoms with Crippen LogP contribution in [0.25, 0.3) is 110 Å². The zero-order valence-electron chi connectivity index (χ0n) is 81.8. The Bertz CT molecular complexity index is 9650. The first-order valence-electron chi connectivity index (χ1n) is 53.8. The minimum atomic E-state index is -1.86. The van der Waals surface area contributed by atoms with Gasteiger partial charge in [-0.1, -0.05) is 178 Å². The molecule has 0 aliphatic carbocycles. The van der Waals surface area contributed by atoms with Crippen molar-refractivity contribution in [3.63, 3.8) is 0 Å². The number of para-hydroxylation sites is 5. The second kappa shape index (κ2) is 23.3. The van der Waals surface area contributed by atoms with Crippen molar-refractivity contribution in [2.75, 3.05) is 0 Å². The van der Waals surface area contributed by atoms with Crippen LogP contribution in [0.3, 0.4) is 0 Å². The number of hydrogen-bond acceptors (Lipinski definition) is 2. The van der Waals surface area contributed by atoms with Crippen molar-refractivity contribution in [2.45, 2.75) is 90.9 Å². The molecule has 20 aromatic rings. The van der Waals surface area contributed by atoms with Crippen LogP contribution in [-0.4, -0.2) is 149 Å². The van der Waals surface area contributed by atoms with Gasteiger partial charge in [-0.15, -0.1) is 0 Å². The number of nitrogens with one attached hydrogen (secondary N) is 2. The van der Waals surface area contributed by atoms with E-state index in [4.69, 9.17) is 9.72 Å². The molecule has 0 amide bonds. The zero-order chi connectivity index (χ0) is 92.0. The van der Waals surface area contributed by atoms with Crippen molar-refractivity contribution in [3.8, 4) is 22.7 Å².